The van der Waals surface area contributed by atoms with Crippen LogP contribution in [0, 0.1) is 5.82 Å². The molecule has 2 aliphatic heterocycles. The summed E-state index contributed by atoms with van der Waals surface area (Å²) in [4.78, 5) is 15.0. The van der Waals surface area contributed by atoms with Crippen molar-refractivity contribution < 1.29 is 40.2 Å². The van der Waals surface area contributed by atoms with Crippen LogP contribution in [-0.2, 0) is 16.6 Å². The summed E-state index contributed by atoms with van der Waals surface area (Å²) >= 11 is 6.00. The molecule has 2 heterocycles. The summed E-state index contributed by atoms with van der Waals surface area (Å²) in [5.41, 5.74) is 1.39. The summed E-state index contributed by atoms with van der Waals surface area (Å²) in [6.07, 6.45) is 0.833. The van der Waals surface area contributed by atoms with E-state index in [1.54, 1.807) is 0 Å². The molecule has 2 aliphatic carbocycles. The van der Waals surface area contributed by atoms with Gasteiger partial charge in [0.05, 0.1) is 10.8 Å². The van der Waals surface area contributed by atoms with Crippen LogP contribution in [0.1, 0.15) is 78.8 Å². The number of nitrogens with zero attached hydrogens (tertiary/aromatic N) is 1. The van der Waals surface area contributed by atoms with Crippen LogP contribution in [0.3, 0.4) is 0 Å². The Morgan fingerprint density at radius 1 is 0.976 bits per heavy atom. The first-order valence-corrected chi connectivity index (χ1v) is 15.6. The molecule has 3 atom stereocenters. The van der Waals surface area contributed by atoms with Crippen molar-refractivity contribution in [2.45, 2.75) is 93.6 Å². The second-order valence-corrected chi connectivity index (χ2v) is 13.8. The molecule has 0 aromatic heterocycles. The van der Waals surface area contributed by atoms with Crippen molar-refractivity contribution in [1.29, 1.82) is 0 Å². The molecule has 2 saturated heterocycles. The number of piperidine rings is 1. The third kappa shape index (κ3) is 6.59. The van der Waals surface area contributed by atoms with Crippen LogP contribution in [-0.4, -0.2) is 49.0 Å². The monoisotopic (exact) mass is 616 g/mol. The molecule has 2 aromatic carbocycles. The van der Waals surface area contributed by atoms with Crippen LogP contribution in [0.4, 0.5) is 17.6 Å². The Balaban J connectivity index is 1.15. The van der Waals surface area contributed by atoms with Crippen molar-refractivity contribution >= 4 is 27.5 Å². The van der Waals surface area contributed by atoms with Crippen LogP contribution >= 0.6 is 11.6 Å². The van der Waals surface area contributed by atoms with Gasteiger partial charge in [-0.05, 0) is 92.7 Å². The van der Waals surface area contributed by atoms with Gasteiger partial charge in [-0.1, -0.05) is 11.6 Å². The van der Waals surface area contributed by atoms with Gasteiger partial charge in [0.1, 0.15) is 23.4 Å². The lowest BCUT2D eigenvalue weighted by atomic mass is 9.95. The minimum atomic E-state index is -4.85. The Hall–Kier alpha value is -2.57. The third-order valence-corrected chi connectivity index (χ3v) is 10.3. The fourth-order valence-corrected chi connectivity index (χ4v) is 7.63. The van der Waals surface area contributed by atoms with Crippen LogP contribution in [0.2, 0.25) is 5.02 Å². The Labute approximate surface area is 240 Å². The first-order chi connectivity index (χ1) is 19.3. The summed E-state index contributed by atoms with van der Waals surface area (Å²) in [5.74, 6) is -1.74. The molecule has 0 spiro atoms. The summed E-state index contributed by atoms with van der Waals surface area (Å²) in [6.45, 7) is 0.480. The summed E-state index contributed by atoms with van der Waals surface area (Å²) in [7, 11) is -3.80. The number of ether oxygens (including phenoxy) is 2. The van der Waals surface area contributed by atoms with E-state index in [1.807, 2.05) is 4.72 Å². The number of rotatable bonds is 9. The molecule has 1 unspecified atom stereocenters. The number of carbonyl (C=O) groups excluding carboxylic acids is 1. The largest absolute Gasteiger partial charge is 0.573 e. The minimum absolute atomic E-state index is 0.0686. The van der Waals surface area contributed by atoms with Gasteiger partial charge in [-0.25, -0.2) is 17.5 Å². The van der Waals surface area contributed by atoms with Crippen molar-refractivity contribution in [2.75, 3.05) is 0 Å². The number of fused-ring (bicyclic) bond motifs is 2. The lowest BCUT2D eigenvalue weighted by molar-refractivity contribution is -0.274. The van der Waals surface area contributed by atoms with E-state index in [1.165, 1.54) is 24.3 Å². The first-order valence-electron chi connectivity index (χ1n) is 13.7. The van der Waals surface area contributed by atoms with Crippen molar-refractivity contribution in [3.05, 3.63) is 57.9 Å². The number of hydrogen-bond donors (Lipinski definition) is 1. The predicted octanol–water partition coefficient (Wildman–Crippen LogP) is 6.05. The minimum Gasteiger partial charge on any atom is -0.490 e. The number of amides is 1. The highest BCUT2D eigenvalue weighted by molar-refractivity contribution is 7.91. The van der Waals surface area contributed by atoms with Gasteiger partial charge in [0.2, 0.25) is 10.0 Å². The summed E-state index contributed by atoms with van der Waals surface area (Å²) in [6, 6.07) is 6.84. The van der Waals surface area contributed by atoms with Gasteiger partial charge in [0.25, 0.3) is 5.91 Å². The fourth-order valence-electron chi connectivity index (χ4n) is 6.13. The average molecular weight is 617 g/mol. The van der Waals surface area contributed by atoms with Gasteiger partial charge < -0.3 is 9.47 Å². The maximum atomic E-state index is 15.2. The van der Waals surface area contributed by atoms with E-state index in [-0.39, 0.29) is 40.4 Å². The molecule has 4 fully saturated rings. The van der Waals surface area contributed by atoms with Crippen molar-refractivity contribution in [3.8, 4) is 11.5 Å². The molecule has 2 bridgehead atoms. The predicted molar refractivity (Wildman–Crippen MR) is 142 cm³/mol. The van der Waals surface area contributed by atoms with Crippen LogP contribution < -0.4 is 14.2 Å². The molecule has 1 amide bonds. The zero-order chi connectivity index (χ0) is 29.1. The molecule has 7 nitrogen and oxygen atoms in total. The van der Waals surface area contributed by atoms with Crippen LogP contribution in [0.15, 0.2) is 30.3 Å². The summed E-state index contributed by atoms with van der Waals surface area (Å²) in [5, 5.41) is -0.521. The van der Waals surface area contributed by atoms with Gasteiger partial charge in [-0.3, -0.25) is 9.69 Å². The maximum absolute atomic E-state index is 15.2. The highest BCUT2D eigenvalue weighted by Gasteiger charge is 2.43. The summed E-state index contributed by atoms with van der Waals surface area (Å²) < 4.78 is 89.8. The van der Waals surface area contributed by atoms with Crippen molar-refractivity contribution in [2.24, 2.45) is 0 Å². The molecule has 4 aliphatic rings. The number of nitrogens with one attached hydrogen (secondary N) is 1. The number of alkyl halides is 3. The Morgan fingerprint density at radius 3 is 2.24 bits per heavy atom. The van der Waals surface area contributed by atoms with E-state index in [0.29, 0.717) is 32.2 Å². The average Bonchev–Trinajstić information content (AvgIpc) is 3.75. The van der Waals surface area contributed by atoms with E-state index in [2.05, 4.69) is 9.64 Å². The Bertz CT molecular complexity index is 1450. The zero-order valence-electron chi connectivity index (χ0n) is 21.9. The molecule has 1 N–H and O–H groups in total. The van der Waals surface area contributed by atoms with Crippen molar-refractivity contribution in [3.63, 3.8) is 0 Å². The van der Waals surface area contributed by atoms with Gasteiger partial charge in [-0.15, -0.1) is 13.2 Å². The highest BCUT2D eigenvalue weighted by atomic mass is 35.5. The number of benzene rings is 2. The van der Waals surface area contributed by atoms with Gasteiger partial charge in [0.15, 0.2) is 0 Å². The lowest BCUT2D eigenvalue weighted by Crippen LogP contribution is -2.45. The third-order valence-electron chi connectivity index (χ3n) is 8.26. The fraction of sp³-hybridized carbons (Fsp3) is 0.536. The zero-order valence-corrected chi connectivity index (χ0v) is 23.5. The van der Waals surface area contributed by atoms with Gasteiger partial charge in [-0.2, -0.15) is 0 Å². The quantitative estimate of drug-likeness (QED) is 0.345. The maximum Gasteiger partial charge on any atom is 0.573 e. The number of carbonyl (C=O) groups is 1. The van der Waals surface area contributed by atoms with E-state index in [0.717, 1.165) is 42.9 Å². The number of halogens is 5. The Morgan fingerprint density at radius 2 is 1.63 bits per heavy atom. The molecule has 2 saturated carbocycles. The molecule has 6 rings (SSSR count). The SMILES string of the molecule is O=C(NS(=O)(=O)C1CC1)c1cc(C2CC2)c(CN2C3CC[C@@H]2C[C@H](Oc2cc(Cl)cc(OC(F)(F)F)c2)C3)cc1F. The molecular weight excluding hydrogens is 588 g/mol. The van der Waals surface area contributed by atoms with Crippen LogP contribution in [0.5, 0.6) is 11.5 Å². The molecule has 41 heavy (non-hydrogen) atoms. The molecule has 222 valence electrons. The number of hydrogen-bond acceptors (Lipinski definition) is 6. The van der Waals surface area contributed by atoms with E-state index in [9.17, 15) is 26.4 Å². The van der Waals surface area contributed by atoms with E-state index in [4.69, 9.17) is 16.3 Å². The second kappa shape index (κ2) is 10.6. The van der Waals surface area contributed by atoms with Gasteiger partial charge in [0, 0.05) is 29.7 Å². The lowest BCUT2D eigenvalue weighted by Gasteiger charge is -2.39. The van der Waals surface area contributed by atoms with Gasteiger partial charge >= 0.3 is 6.36 Å². The van der Waals surface area contributed by atoms with Crippen molar-refractivity contribution in [1.82, 2.24) is 9.62 Å². The first kappa shape index (κ1) is 28.5. The van der Waals surface area contributed by atoms with Crippen LogP contribution in [0.25, 0.3) is 0 Å². The van der Waals surface area contributed by atoms with E-state index >= 15 is 4.39 Å². The topological polar surface area (TPSA) is 84.9 Å². The van der Waals surface area contributed by atoms with E-state index < -0.39 is 39.1 Å². The normalized spacial score (nSPS) is 24.8. The molecule has 13 heteroatoms. The number of sulfonamides is 1. The molecule has 2 aromatic rings. The molecule has 0 radical (unpaired) electrons. The second-order valence-electron chi connectivity index (χ2n) is 11.4. The molecular formula is C28H29ClF4N2O5S. The Kier molecular flexibility index (Phi) is 7.39. The smallest absolute Gasteiger partial charge is 0.490 e. The standard InChI is InChI=1S/C28H29ClF4N2O5S/c29-17-8-20(12-22(9-17)40-28(31,32)33)39-21-10-18-3-4-19(11-21)35(18)14-16-7-26(30)25(13-24(16)15-1-2-15)27(36)34-41(37,38)23-5-6-23/h7-9,12-13,15,18-19,21,23H,1-6,10-11,14H2,(H,34,36)/t18-,19?,21+/m1/s1. The highest BCUT2D eigenvalue weighted by Crippen LogP contribution is 2.45.